The first-order valence-corrected chi connectivity index (χ1v) is 6.63. The highest BCUT2D eigenvalue weighted by atomic mass is 19.1. The molecule has 0 atom stereocenters. The zero-order chi connectivity index (χ0) is 12.5. The Morgan fingerprint density at radius 3 is 2.12 bits per heavy atom. The Kier molecular flexibility index (Phi) is 3.29. The second kappa shape index (κ2) is 4.44. The fourth-order valence-electron chi connectivity index (χ4n) is 3.25. The smallest absolute Gasteiger partial charge is 0.123 e. The van der Waals surface area contributed by atoms with E-state index in [1.807, 2.05) is 12.1 Å². The van der Waals surface area contributed by atoms with Crippen LogP contribution in [0.1, 0.15) is 52.0 Å². The monoisotopic (exact) mass is 234 g/mol. The topological polar surface area (TPSA) is 0 Å². The summed E-state index contributed by atoms with van der Waals surface area (Å²) in [5, 5.41) is 0. The van der Waals surface area contributed by atoms with Gasteiger partial charge in [-0.3, -0.25) is 0 Å². The van der Waals surface area contributed by atoms with Gasteiger partial charge in [0.1, 0.15) is 5.82 Å². The lowest BCUT2D eigenvalue weighted by atomic mass is 9.59. The quantitative estimate of drug-likeness (QED) is 0.692. The summed E-state index contributed by atoms with van der Waals surface area (Å²) >= 11 is 0. The van der Waals surface area contributed by atoms with Crippen LogP contribution in [-0.2, 0) is 6.42 Å². The lowest BCUT2D eigenvalue weighted by Crippen LogP contribution is -2.35. The first-order valence-electron chi connectivity index (χ1n) is 6.63. The van der Waals surface area contributed by atoms with Gasteiger partial charge in [0.15, 0.2) is 0 Å². The normalized spacial score (nSPS) is 18.8. The van der Waals surface area contributed by atoms with E-state index in [2.05, 4.69) is 20.8 Å². The number of hydrogen-bond acceptors (Lipinski definition) is 0. The zero-order valence-corrected chi connectivity index (χ0v) is 11.2. The van der Waals surface area contributed by atoms with Crippen molar-refractivity contribution >= 4 is 0 Å². The Balaban J connectivity index is 2.07. The Bertz CT molecular complexity index is 366. The first kappa shape index (κ1) is 12.6. The second-order valence-electron chi connectivity index (χ2n) is 6.89. The molecule has 1 aliphatic carbocycles. The SMILES string of the molecule is CC(C)(C)CC1(Cc2ccc(F)cc2)CCC1. The van der Waals surface area contributed by atoms with Gasteiger partial charge in [0.05, 0.1) is 0 Å². The Morgan fingerprint density at radius 2 is 1.71 bits per heavy atom. The molecule has 0 radical (unpaired) electrons. The minimum absolute atomic E-state index is 0.132. The molecule has 1 aromatic carbocycles. The first-order chi connectivity index (χ1) is 7.89. The lowest BCUT2D eigenvalue weighted by molar-refractivity contribution is 0.0703. The van der Waals surface area contributed by atoms with Crippen LogP contribution in [0.2, 0.25) is 0 Å². The molecule has 0 saturated heterocycles. The van der Waals surface area contributed by atoms with E-state index >= 15 is 0 Å². The van der Waals surface area contributed by atoms with Crippen LogP contribution in [0.15, 0.2) is 24.3 Å². The van der Waals surface area contributed by atoms with Crippen molar-refractivity contribution in [2.45, 2.75) is 52.9 Å². The molecule has 1 aliphatic rings. The maximum absolute atomic E-state index is 12.9. The van der Waals surface area contributed by atoms with Crippen LogP contribution >= 0.6 is 0 Å². The van der Waals surface area contributed by atoms with Crippen molar-refractivity contribution < 1.29 is 4.39 Å². The van der Waals surface area contributed by atoms with Gasteiger partial charge < -0.3 is 0 Å². The van der Waals surface area contributed by atoms with Crippen LogP contribution in [-0.4, -0.2) is 0 Å². The molecule has 0 nitrogen and oxygen atoms in total. The van der Waals surface area contributed by atoms with Crippen molar-refractivity contribution in [2.24, 2.45) is 10.8 Å². The molecule has 1 saturated carbocycles. The minimum Gasteiger partial charge on any atom is -0.207 e. The molecule has 1 heteroatoms. The molecule has 0 amide bonds. The van der Waals surface area contributed by atoms with Gasteiger partial charge in [-0.25, -0.2) is 4.39 Å². The molecular formula is C16H23F. The summed E-state index contributed by atoms with van der Waals surface area (Å²) in [6.07, 6.45) is 6.42. The van der Waals surface area contributed by atoms with Crippen LogP contribution in [0.5, 0.6) is 0 Å². The largest absolute Gasteiger partial charge is 0.207 e. The average molecular weight is 234 g/mol. The van der Waals surface area contributed by atoms with Gasteiger partial charge in [0.2, 0.25) is 0 Å². The lowest BCUT2D eigenvalue weighted by Gasteiger charge is -2.46. The molecule has 17 heavy (non-hydrogen) atoms. The molecule has 0 aromatic heterocycles. The van der Waals surface area contributed by atoms with Crippen LogP contribution in [0.25, 0.3) is 0 Å². The molecule has 1 aromatic rings. The number of benzene rings is 1. The van der Waals surface area contributed by atoms with Crippen molar-refractivity contribution in [3.05, 3.63) is 35.6 Å². The third-order valence-electron chi connectivity index (χ3n) is 3.81. The molecular weight excluding hydrogens is 211 g/mol. The third-order valence-corrected chi connectivity index (χ3v) is 3.81. The Hall–Kier alpha value is -0.850. The molecule has 2 rings (SSSR count). The Morgan fingerprint density at radius 1 is 1.12 bits per heavy atom. The summed E-state index contributed by atoms with van der Waals surface area (Å²) in [6.45, 7) is 6.95. The van der Waals surface area contributed by atoms with E-state index < -0.39 is 0 Å². The van der Waals surface area contributed by atoms with Gasteiger partial charge in [-0.2, -0.15) is 0 Å². The van der Waals surface area contributed by atoms with Gasteiger partial charge in [-0.1, -0.05) is 39.3 Å². The van der Waals surface area contributed by atoms with Crippen LogP contribution in [0.3, 0.4) is 0 Å². The summed E-state index contributed by atoms with van der Waals surface area (Å²) in [4.78, 5) is 0. The van der Waals surface area contributed by atoms with E-state index in [-0.39, 0.29) is 5.82 Å². The van der Waals surface area contributed by atoms with Gasteiger partial charge in [-0.05, 0) is 54.2 Å². The summed E-state index contributed by atoms with van der Waals surface area (Å²) < 4.78 is 12.9. The van der Waals surface area contributed by atoms with Crippen molar-refractivity contribution in [1.82, 2.24) is 0 Å². The maximum atomic E-state index is 12.9. The van der Waals surface area contributed by atoms with E-state index in [0.29, 0.717) is 10.8 Å². The number of rotatable bonds is 3. The predicted molar refractivity (Wildman–Crippen MR) is 70.5 cm³/mol. The molecule has 0 aliphatic heterocycles. The van der Waals surface area contributed by atoms with Gasteiger partial charge in [0.25, 0.3) is 0 Å². The van der Waals surface area contributed by atoms with E-state index in [1.165, 1.54) is 31.2 Å². The van der Waals surface area contributed by atoms with E-state index in [4.69, 9.17) is 0 Å². The van der Waals surface area contributed by atoms with E-state index in [1.54, 1.807) is 12.1 Å². The minimum atomic E-state index is -0.132. The summed E-state index contributed by atoms with van der Waals surface area (Å²) in [5.74, 6) is -0.132. The highest BCUT2D eigenvalue weighted by molar-refractivity contribution is 5.18. The van der Waals surface area contributed by atoms with Crippen LogP contribution < -0.4 is 0 Å². The molecule has 0 heterocycles. The molecule has 0 bridgehead atoms. The highest BCUT2D eigenvalue weighted by Crippen LogP contribution is 2.50. The maximum Gasteiger partial charge on any atom is 0.123 e. The van der Waals surface area contributed by atoms with Crippen molar-refractivity contribution in [2.75, 3.05) is 0 Å². The molecule has 1 fully saturated rings. The average Bonchev–Trinajstić information content (AvgIpc) is 2.16. The summed E-state index contributed by atoms with van der Waals surface area (Å²) in [5.41, 5.74) is 2.16. The molecule has 0 unspecified atom stereocenters. The number of halogens is 1. The summed E-state index contributed by atoms with van der Waals surface area (Å²) in [7, 11) is 0. The highest BCUT2D eigenvalue weighted by Gasteiger charge is 2.39. The fraction of sp³-hybridized carbons (Fsp3) is 0.625. The van der Waals surface area contributed by atoms with E-state index in [9.17, 15) is 4.39 Å². The zero-order valence-electron chi connectivity index (χ0n) is 11.2. The van der Waals surface area contributed by atoms with Gasteiger partial charge >= 0.3 is 0 Å². The second-order valence-corrected chi connectivity index (χ2v) is 6.89. The third kappa shape index (κ3) is 3.31. The fourth-order valence-corrected chi connectivity index (χ4v) is 3.25. The van der Waals surface area contributed by atoms with Crippen molar-refractivity contribution in [1.29, 1.82) is 0 Å². The van der Waals surface area contributed by atoms with Crippen molar-refractivity contribution in [3.8, 4) is 0 Å². The molecule has 0 N–H and O–H groups in total. The number of hydrogen-bond donors (Lipinski definition) is 0. The standard InChI is InChI=1S/C16H23F/c1-15(2,3)12-16(9-4-10-16)11-13-5-7-14(17)8-6-13/h5-8H,4,9-12H2,1-3H3. The van der Waals surface area contributed by atoms with Crippen LogP contribution in [0.4, 0.5) is 4.39 Å². The molecule has 94 valence electrons. The van der Waals surface area contributed by atoms with Crippen LogP contribution in [0, 0.1) is 16.6 Å². The Labute approximate surface area is 104 Å². The predicted octanol–water partition coefficient (Wildman–Crippen LogP) is 4.97. The molecule has 0 spiro atoms. The van der Waals surface area contributed by atoms with Crippen molar-refractivity contribution in [3.63, 3.8) is 0 Å². The van der Waals surface area contributed by atoms with E-state index in [0.717, 1.165) is 6.42 Å². The van der Waals surface area contributed by atoms with Gasteiger partial charge in [-0.15, -0.1) is 0 Å². The summed E-state index contributed by atoms with van der Waals surface area (Å²) in [6, 6.07) is 7.05. The van der Waals surface area contributed by atoms with Gasteiger partial charge in [0, 0.05) is 0 Å².